The minimum atomic E-state index is 0.749. The Morgan fingerprint density at radius 3 is 2.80 bits per heavy atom. The molecule has 0 aromatic rings. The zero-order valence-corrected chi connectivity index (χ0v) is 10.7. The first kappa shape index (κ1) is 13.0. The number of hydrogen-bond acceptors (Lipinski definition) is 2. The number of ether oxygens (including phenoxy) is 1. The number of piperidine rings is 1. The van der Waals surface area contributed by atoms with E-state index in [0.717, 1.165) is 25.2 Å². The highest BCUT2D eigenvalue weighted by Crippen LogP contribution is 2.27. The van der Waals surface area contributed by atoms with Crippen molar-refractivity contribution in [2.75, 3.05) is 26.3 Å². The molecule has 2 heterocycles. The van der Waals surface area contributed by atoms with Crippen molar-refractivity contribution < 1.29 is 4.74 Å². The van der Waals surface area contributed by atoms with Crippen molar-refractivity contribution in [2.24, 2.45) is 5.92 Å². The predicted octanol–water partition coefficient (Wildman–Crippen LogP) is 2.92. The molecule has 2 rings (SSSR count). The molecule has 0 N–H and O–H groups in total. The third kappa shape index (κ3) is 3.76. The third-order valence-corrected chi connectivity index (χ3v) is 3.48. The van der Waals surface area contributed by atoms with Crippen LogP contribution in [-0.2, 0) is 4.74 Å². The molecule has 2 atom stereocenters. The number of hydrogen-bond donors (Lipinski definition) is 0. The van der Waals surface area contributed by atoms with Gasteiger partial charge in [-0.15, -0.1) is 0 Å². The second kappa shape index (κ2) is 7.24. The highest BCUT2D eigenvalue weighted by atomic mass is 16.5. The predicted molar refractivity (Wildman–Crippen MR) is 65.2 cm³/mol. The summed E-state index contributed by atoms with van der Waals surface area (Å²) in [5.41, 5.74) is 0. The minimum Gasteiger partial charge on any atom is -0.378 e. The van der Waals surface area contributed by atoms with E-state index >= 15 is 0 Å². The largest absolute Gasteiger partial charge is 0.378 e. The SMILES string of the molecule is CC.CCCC1CCN2CCOCC2C1. The van der Waals surface area contributed by atoms with Crippen LogP contribution in [0.5, 0.6) is 0 Å². The van der Waals surface area contributed by atoms with E-state index in [0.29, 0.717) is 0 Å². The molecule has 0 aliphatic carbocycles. The Labute approximate surface area is 95.0 Å². The van der Waals surface area contributed by atoms with Crippen LogP contribution in [0.2, 0.25) is 0 Å². The Morgan fingerprint density at radius 2 is 2.07 bits per heavy atom. The first-order valence-electron chi connectivity index (χ1n) is 6.72. The van der Waals surface area contributed by atoms with E-state index in [1.807, 2.05) is 13.8 Å². The van der Waals surface area contributed by atoms with E-state index in [1.54, 1.807) is 0 Å². The van der Waals surface area contributed by atoms with E-state index in [2.05, 4.69) is 11.8 Å². The molecule has 0 amide bonds. The summed E-state index contributed by atoms with van der Waals surface area (Å²) in [5.74, 6) is 0.980. The van der Waals surface area contributed by atoms with Gasteiger partial charge in [0, 0.05) is 12.6 Å². The van der Waals surface area contributed by atoms with Gasteiger partial charge in [-0.1, -0.05) is 33.6 Å². The van der Waals surface area contributed by atoms with Gasteiger partial charge in [-0.05, 0) is 25.3 Å². The maximum Gasteiger partial charge on any atom is 0.0622 e. The van der Waals surface area contributed by atoms with Gasteiger partial charge in [0.25, 0.3) is 0 Å². The Bertz CT molecular complexity index is 161. The van der Waals surface area contributed by atoms with Crippen molar-refractivity contribution in [3.8, 4) is 0 Å². The van der Waals surface area contributed by atoms with Crippen molar-refractivity contribution in [1.29, 1.82) is 0 Å². The molecule has 0 aromatic carbocycles. The average Bonchev–Trinajstić information content (AvgIpc) is 2.32. The van der Waals surface area contributed by atoms with Crippen molar-refractivity contribution in [2.45, 2.75) is 52.5 Å². The normalized spacial score (nSPS) is 31.4. The van der Waals surface area contributed by atoms with Crippen LogP contribution < -0.4 is 0 Å². The summed E-state index contributed by atoms with van der Waals surface area (Å²) in [6, 6.07) is 0.749. The molecule has 0 aromatic heterocycles. The van der Waals surface area contributed by atoms with Crippen molar-refractivity contribution in [3.63, 3.8) is 0 Å². The first-order chi connectivity index (χ1) is 7.40. The smallest absolute Gasteiger partial charge is 0.0622 e. The quantitative estimate of drug-likeness (QED) is 0.699. The van der Waals surface area contributed by atoms with Crippen LogP contribution in [-0.4, -0.2) is 37.2 Å². The van der Waals surface area contributed by atoms with Gasteiger partial charge >= 0.3 is 0 Å². The van der Waals surface area contributed by atoms with Crippen LogP contribution >= 0.6 is 0 Å². The Kier molecular flexibility index (Phi) is 6.26. The molecular weight excluding hydrogens is 186 g/mol. The summed E-state index contributed by atoms with van der Waals surface area (Å²) >= 11 is 0. The molecule has 0 radical (unpaired) electrons. The molecule has 90 valence electrons. The van der Waals surface area contributed by atoms with Gasteiger partial charge in [-0.25, -0.2) is 0 Å². The van der Waals surface area contributed by atoms with Crippen molar-refractivity contribution >= 4 is 0 Å². The molecule has 2 aliphatic heterocycles. The van der Waals surface area contributed by atoms with Crippen LogP contribution in [0, 0.1) is 5.92 Å². The molecular formula is C13H27NO. The average molecular weight is 213 g/mol. The van der Waals surface area contributed by atoms with Gasteiger partial charge in [-0.3, -0.25) is 4.90 Å². The second-order valence-corrected chi connectivity index (χ2v) is 4.44. The zero-order valence-electron chi connectivity index (χ0n) is 10.7. The standard InChI is InChI=1S/C11H21NO.C2H6/c1-2-3-10-4-5-12-6-7-13-9-11(12)8-10;1-2/h10-11H,2-9H2,1H3;1-2H3. The fourth-order valence-corrected chi connectivity index (χ4v) is 2.72. The van der Waals surface area contributed by atoms with Gasteiger partial charge in [0.15, 0.2) is 0 Å². The van der Waals surface area contributed by atoms with Gasteiger partial charge in [0.1, 0.15) is 0 Å². The Balaban J connectivity index is 0.000000531. The van der Waals surface area contributed by atoms with E-state index in [4.69, 9.17) is 4.74 Å². The van der Waals surface area contributed by atoms with Crippen molar-refractivity contribution in [3.05, 3.63) is 0 Å². The van der Waals surface area contributed by atoms with Crippen LogP contribution in [0.4, 0.5) is 0 Å². The lowest BCUT2D eigenvalue weighted by molar-refractivity contribution is -0.0358. The molecule has 2 saturated heterocycles. The van der Waals surface area contributed by atoms with Gasteiger partial charge in [-0.2, -0.15) is 0 Å². The van der Waals surface area contributed by atoms with Gasteiger partial charge in [0.05, 0.1) is 13.2 Å². The molecule has 2 nitrogen and oxygen atoms in total. The topological polar surface area (TPSA) is 12.5 Å². The lowest BCUT2D eigenvalue weighted by atomic mass is 9.87. The van der Waals surface area contributed by atoms with Crippen LogP contribution in [0.1, 0.15) is 46.5 Å². The fraction of sp³-hybridized carbons (Fsp3) is 1.00. The summed E-state index contributed by atoms with van der Waals surface area (Å²) in [6.07, 6.45) is 5.57. The molecule has 0 bridgehead atoms. The summed E-state index contributed by atoms with van der Waals surface area (Å²) in [6.45, 7) is 10.7. The molecule has 2 aliphatic rings. The maximum atomic E-state index is 5.52. The first-order valence-corrected chi connectivity index (χ1v) is 6.72. The van der Waals surface area contributed by atoms with E-state index in [1.165, 1.54) is 38.8 Å². The zero-order chi connectivity index (χ0) is 11.1. The van der Waals surface area contributed by atoms with Crippen molar-refractivity contribution in [1.82, 2.24) is 4.90 Å². The van der Waals surface area contributed by atoms with Gasteiger partial charge in [0.2, 0.25) is 0 Å². The highest BCUT2D eigenvalue weighted by molar-refractivity contribution is 4.83. The molecule has 15 heavy (non-hydrogen) atoms. The number of fused-ring (bicyclic) bond motifs is 1. The van der Waals surface area contributed by atoms with Crippen LogP contribution in [0.25, 0.3) is 0 Å². The van der Waals surface area contributed by atoms with Crippen LogP contribution in [0.15, 0.2) is 0 Å². The van der Waals surface area contributed by atoms with E-state index < -0.39 is 0 Å². The second-order valence-electron chi connectivity index (χ2n) is 4.44. The lowest BCUT2D eigenvalue weighted by Crippen LogP contribution is -2.49. The summed E-state index contributed by atoms with van der Waals surface area (Å²) < 4.78 is 5.52. The molecule has 2 heteroatoms. The monoisotopic (exact) mass is 213 g/mol. The number of morpholine rings is 1. The van der Waals surface area contributed by atoms with Gasteiger partial charge < -0.3 is 4.74 Å². The maximum absolute atomic E-state index is 5.52. The molecule has 0 spiro atoms. The minimum absolute atomic E-state index is 0.749. The lowest BCUT2D eigenvalue weighted by Gasteiger charge is -2.42. The van der Waals surface area contributed by atoms with E-state index in [9.17, 15) is 0 Å². The Morgan fingerprint density at radius 1 is 1.27 bits per heavy atom. The highest BCUT2D eigenvalue weighted by Gasteiger charge is 2.29. The summed E-state index contributed by atoms with van der Waals surface area (Å²) in [4.78, 5) is 2.62. The fourth-order valence-electron chi connectivity index (χ4n) is 2.72. The summed E-state index contributed by atoms with van der Waals surface area (Å²) in [5, 5.41) is 0. The summed E-state index contributed by atoms with van der Waals surface area (Å²) in [7, 11) is 0. The molecule has 0 saturated carbocycles. The third-order valence-electron chi connectivity index (χ3n) is 3.48. The van der Waals surface area contributed by atoms with E-state index in [-0.39, 0.29) is 0 Å². The molecule has 2 unspecified atom stereocenters. The number of rotatable bonds is 2. The van der Waals surface area contributed by atoms with Crippen LogP contribution in [0.3, 0.4) is 0 Å². The number of nitrogens with zero attached hydrogens (tertiary/aromatic N) is 1. The Hall–Kier alpha value is -0.0800. The molecule has 2 fully saturated rings.